The van der Waals surface area contributed by atoms with Gasteiger partial charge < -0.3 is 15.0 Å². The largest absolute Gasteiger partial charge is 0.463 e. The Morgan fingerprint density at radius 1 is 1.29 bits per heavy atom. The summed E-state index contributed by atoms with van der Waals surface area (Å²) in [4.78, 5) is 42.3. The lowest BCUT2D eigenvalue weighted by atomic mass is 9.84. The van der Waals surface area contributed by atoms with Crippen molar-refractivity contribution in [3.05, 3.63) is 11.6 Å². The van der Waals surface area contributed by atoms with E-state index in [9.17, 15) is 14.4 Å². The van der Waals surface area contributed by atoms with E-state index in [1.807, 2.05) is 46.6 Å². The van der Waals surface area contributed by atoms with Crippen molar-refractivity contribution in [3.8, 4) is 0 Å². The van der Waals surface area contributed by atoms with Crippen LogP contribution in [-0.4, -0.2) is 78.0 Å². The van der Waals surface area contributed by atoms with Crippen molar-refractivity contribution < 1.29 is 19.1 Å². The van der Waals surface area contributed by atoms with E-state index in [0.717, 1.165) is 18.1 Å². The van der Waals surface area contributed by atoms with Crippen LogP contribution in [0.4, 0.5) is 0 Å². The van der Waals surface area contributed by atoms with Crippen molar-refractivity contribution >= 4 is 29.5 Å². The molecule has 1 fully saturated rings. The first kappa shape index (κ1) is 27.5. The van der Waals surface area contributed by atoms with Gasteiger partial charge in [-0.05, 0) is 44.4 Å². The summed E-state index contributed by atoms with van der Waals surface area (Å²) in [6.07, 6.45) is 2.55. The van der Waals surface area contributed by atoms with Crippen LogP contribution in [0.1, 0.15) is 54.9 Å². The molecule has 1 saturated heterocycles. The Hall–Kier alpha value is -1.54. The van der Waals surface area contributed by atoms with Crippen LogP contribution in [0, 0.1) is 11.3 Å². The Morgan fingerprint density at radius 2 is 1.90 bits per heavy atom. The molecule has 2 amide bonds. The number of thioether (sulfide) groups is 1. The van der Waals surface area contributed by atoms with Crippen LogP contribution >= 0.6 is 11.8 Å². The average Bonchev–Trinajstić information content (AvgIpc) is 2.68. The summed E-state index contributed by atoms with van der Waals surface area (Å²) < 4.78 is 5.08. The van der Waals surface area contributed by atoms with Crippen LogP contribution in [0.5, 0.6) is 0 Å². The standard InChI is InChI=1S/C23H41N3O4S/c1-10-30-22(29)16(4)13-18(15(2)3)26(9)21(28)19(23(5,6)7)24-20(27)17-11-12-31-14-25(17)8/h13,15,17-19H,10-12,14H2,1-9H3,(H,24,27)/b16-13+/t17?,18-,19?/m1/s1. The fourth-order valence-corrected chi connectivity index (χ4v) is 4.59. The Morgan fingerprint density at radius 3 is 2.39 bits per heavy atom. The monoisotopic (exact) mass is 455 g/mol. The second kappa shape index (κ2) is 11.9. The van der Waals surface area contributed by atoms with Gasteiger partial charge in [0.2, 0.25) is 11.8 Å². The van der Waals surface area contributed by atoms with Crippen molar-refractivity contribution in [2.75, 3.05) is 32.3 Å². The van der Waals surface area contributed by atoms with E-state index in [2.05, 4.69) is 5.32 Å². The Bertz CT molecular complexity index is 672. The average molecular weight is 456 g/mol. The lowest BCUT2D eigenvalue weighted by Gasteiger charge is -2.39. The van der Waals surface area contributed by atoms with Crippen LogP contribution in [0.3, 0.4) is 0 Å². The smallest absolute Gasteiger partial charge is 0.333 e. The van der Waals surface area contributed by atoms with E-state index in [1.165, 1.54) is 0 Å². The van der Waals surface area contributed by atoms with E-state index in [-0.39, 0.29) is 35.8 Å². The predicted molar refractivity (Wildman–Crippen MR) is 127 cm³/mol. The molecule has 0 saturated carbocycles. The van der Waals surface area contributed by atoms with Gasteiger partial charge in [0.25, 0.3) is 0 Å². The summed E-state index contributed by atoms with van der Waals surface area (Å²) in [5.41, 5.74) is 0.00242. The van der Waals surface area contributed by atoms with Crippen molar-refractivity contribution in [1.29, 1.82) is 0 Å². The third kappa shape index (κ3) is 7.83. The number of nitrogens with one attached hydrogen (secondary N) is 1. The molecule has 1 aliphatic heterocycles. The van der Waals surface area contributed by atoms with Gasteiger partial charge in [0.1, 0.15) is 6.04 Å². The number of carbonyl (C=O) groups is 3. The first-order valence-corrected chi connectivity index (χ1v) is 12.2. The minimum atomic E-state index is -0.675. The molecule has 0 bridgehead atoms. The summed E-state index contributed by atoms with van der Waals surface area (Å²) in [6.45, 7) is 13.6. The molecule has 3 atom stereocenters. The van der Waals surface area contributed by atoms with E-state index >= 15 is 0 Å². The third-order valence-electron chi connectivity index (χ3n) is 5.56. The number of esters is 1. The van der Waals surface area contributed by atoms with Gasteiger partial charge in [-0.2, -0.15) is 0 Å². The van der Waals surface area contributed by atoms with E-state index in [0.29, 0.717) is 12.2 Å². The first-order valence-electron chi connectivity index (χ1n) is 11.0. The number of ether oxygens (including phenoxy) is 1. The Balaban J connectivity index is 3.10. The molecule has 1 heterocycles. The van der Waals surface area contributed by atoms with E-state index in [4.69, 9.17) is 4.74 Å². The maximum Gasteiger partial charge on any atom is 0.333 e. The molecule has 1 aliphatic rings. The number of hydrogen-bond acceptors (Lipinski definition) is 6. The molecule has 0 aromatic heterocycles. The highest BCUT2D eigenvalue weighted by Gasteiger charge is 2.39. The number of carbonyl (C=O) groups excluding carboxylic acids is 3. The number of hydrogen-bond donors (Lipinski definition) is 1. The first-order chi connectivity index (χ1) is 14.3. The molecular formula is C23H41N3O4S. The van der Waals surface area contributed by atoms with Gasteiger partial charge in [0.05, 0.1) is 18.7 Å². The van der Waals surface area contributed by atoms with Gasteiger partial charge in [-0.3, -0.25) is 14.5 Å². The number of likely N-dealkylation sites (N-methyl/N-ethyl adjacent to an activating group) is 2. The molecule has 0 aromatic carbocycles. The van der Waals surface area contributed by atoms with E-state index in [1.54, 1.807) is 43.6 Å². The fourth-order valence-electron chi connectivity index (χ4n) is 3.60. The van der Waals surface area contributed by atoms with Crippen molar-refractivity contribution in [2.24, 2.45) is 11.3 Å². The maximum absolute atomic E-state index is 13.6. The normalized spacial score (nSPS) is 20.2. The van der Waals surface area contributed by atoms with Crippen molar-refractivity contribution in [3.63, 3.8) is 0 Å². The summed E-state index contributed by atoms with van der Waals surface area (Å²) in [6, 6.07) is -1.20. The summed E-state index contributed by atoms with van der Waals surface area (Å²) in [5.74, 6) is 1.16. The molecule has 0 aliphatic carbocycles. The fraction of sp³-hybridized carbons (Fsp3) is 0.783. The quantitative estimate of drug-likeness (QED) is 0.448. The molecule has 1 rings (SSSR count). The highest BCUT2D eigenvalue weighted by molar-refractivity contribution is 7.99. The molecule has 8 heteroatoms. The van der Waals surface area contributed by atoms with E-state index < -0.39 is 11.5 Å². The van der Waals surface area contributed by atoms with Gasteiger partial charge in [0.15, 0.2) is 0 Å². The number of amides is 2. The minimum absolute atomic E-state index is 0.0798. The van der Waals surface area contributed by atoms with Gasteiger partial charge in [-0.1, -0.05) is 40.7 Å². The van der Waals surface area contributed by atoms with Crippen molar-refractivity contribution in [2.45, 2.75) is 73.0 Å². The highest BCUT2D eigenvalue weighted by Crippen LogP contribution is 2.25. The van der Waals surface area contributed by atoms with Crippen LogP contribution in [0.2, 0.25) is 0 Å². The van der Waals surface area contributed by atoms with Crippen LogP contribution in [-0.2, 0) is 19.1 Å². The second-order valence-electron chi connectivity index (χ2n) is 9.66. The lowest BCUT2D eigenvalue weighted by Crippen LogP contribution is -2.59. The summed E-state index contributed by atoms with van der Waals surface area (Å²) in [7, 11) is 3.67. The number of rotatable bonds is 8. The van der Waals surface area contributed by atoms with Crippen LogP contribution in [0.15, 0.2) is 11.6 Å². The Kier molecular flexibility index (Phi) is 10.6. The summed E-state index contributed by atoms with van der Waals surface area (Å²) in [5, 5.41) is 3.03. The van der Waals surface area contributed by atoms with Gasteiger partial charge in [-0.25, -0.2) is 4.79 Å². The molecule has 7 nitrogen and oxygen atoms in total. The predicted octanol–water partition coefficient (Wildman–Crippen LogP) is 2.90. The topological polar surface area (TPSA) is 79.0 Å². The molecule has 31 heavy (non-hydrogen) atoms. The molecule has 0 spiro atoms. The molecule has 1 N–H and O–H groups in total. The molecule has 178 valence electrons. The van der Waals surface area contributed by atoms with Gasteiger partial charge >= 0.3 is 5.97 Å². The molecule has 0 radical (unpaired) electrons. The molecule has 0 aromatic rings. The summed E-state index contributed by atoms with van der Waals surface area (Å²) >= 11 is 1.80. The molecule has 2 unspecified atom stereocenters. The number of nitrogens with zero attached hydrogens (tertiary/aromatic N) is 2. The zero-order chi connectivity index (χ0) is 23.9. The minimum Gasteiger partial charge on any atom is -0.463 e. The maximum atomic E-state index is 13.6. The van der Waals surface area contributed by atoms with Gasteiger partial charge in [-0.15, -0.1) is 11.8 Å². The van der Waals surface area contributed by atoms with Crippen LogP contribution in [0.25, 0.3) is 0 Å². The SMILES string of the molecule is CCOC(=O)/C(C)=C/[C@H](C(C)C)N(C)C(=O)C(NC(=O)C1CCSCN1C)C(C)(C)C. The zero-order valence-electron chi connectivity index (χ0n) is 20.7. The second-order valence-corrected chi connectivity index (χ2v) is 10.7. The molecular weight excluding hydrogens is 414 g/mol. The van der Waals surface area contributed by atoms with Gasteiger partial charge in [0, 0.05) is 18.5 Å². The highest BCUT2D eigenvalue weighted by atomic mass is 32.2. The van der Waals surface area contributed by atoms with Crippen LogP contribution < -0.4 is 5.32 Å². The zero-order valence-corrected chi connectivity index (χ0v) is 21.5. The van der Waals surface area contributed by atoms with Crippen molar-refractivity contribution in [1.82, 2.24) is 15.1 Å². The third-order valence-corrected chi connectivity index (χ3v) is 6.68. The lowest BCUT2D eigenvalue weighted by molar-refractivity contribution is -0.141. The Labute approximate surface area is 192 Å².